The number of hydrogen-bond acceptors (Lipinski definition) is 3. The van der Waals surface area contributed by atoms with Crippen LogP contribution in [0.25, 0.3) is 6.08 Å². The zero-order chi connectivity index (χ0) is 14.3. The van der Waals surface area contributed by atoms with E-state index in [0.717, 1.165) is 10.0 Å². The molecule has 5 heteroatoms. The minimum absolute atomic E-state index is 0.149. The van der Waals surface area contributed by atoms with Crippen LogP contribution >= 0.6 is 15.9 Å². The summed E-state index contributed by atoms with van der Waals surface area (Å²) in [6, 6.07) is 7.64. The first-order chi connectivity index (χ1) is 9.02. The summed E-state index contributed by atoms with van der Waals surface area (Å²) in [5.41, 5.74) is 0.934. The third kappa shape index (κ3) is 5.70. The van der Waals surface area contributed by atoms with Gasteiger partial charge in [0, 0.05) is 24.1 Å². The average Bonchev–Trinajstić information content (AvgIpc) is 2.41. The van der Waals surface area contributed by atoms with E-state index >= 15 is 0 Å². The molecule has 0 aromatic heterocycles. The number of rotatable bonds is 5. The van der Waals surface area contributed by atoms with Crippen LogP contribution in [-0.2, 0) is 14.3 Å². The molecule has 0 heterocycles. The third-order valence-electron chi connectivity index (χ3n) is 2.52. The maximum Gasteiger partial charge on any atom is 0.307 e. The van der Waals surface area contributed by atoms with E-state index in [1.54, 1.807) is 13.1 Å². The molecular formula is C14H16BrNO3. The van der Waals surface area contributed by atoms with Crippen LogP contribution in [0.3, 0.4) is 0 Å². The number of benzene rings is 1. The molecule has 0 saturated heterocycles. The molecule has 0 aliphatic heterocycles. The molecular weight excluding hydrogens is 310 g/mol. The molecule has 0 unspecified atom stereocenters. The topological polar surface area (TPSA) is 46.6 Å². The molecule has 0 saturated carbocycles. The standard InChI is InChI=1S/C14H16BrNO3/c1-16(9-8-14(18)19-2)13(17)7-6-11-4-3-5-12(15)10-11/h3-7,10H,8-9H2,1-2H3. The molecule has 0 spiro atoms. The fourth-order valence-corrected chi connectivity index (χ4v) is 1.79. The first-order valence-corrected chi connectivity index (χ1v) is 6.58. The van der Waals surface area contributed by atoms with Crippen LogP contribution in [-0.4, -0.2) is 37.5 Å². The number of hydrogen-bond donors (Lipinski definition) is 0. The van der Waals surface area contributed by atoms with Gasteiger partial charge in [-0.05, 0) is 23.8 Å². The Labute approximate surface area is 121 Å². The Hall–Kier alpha value is -1.62. The normalized spacial score (nSPS) is 10.5. The van der Waals surface area contributed by atoms with Crippen LogP contribution in [0.2, 0.25) is 0 Å². The number of carbonyl (C=O) groups is 2. The number of ether oxygens (including phenoxy) is 1. The minimum Gasteiger partial charge on any atom is -0.469 e. The lowest BCUT2D eigenvalue weighted by Crippen LogP contribution is -2.27. The lowest BCUT2D eigenvalue weighted by molar-refractivity contribution is -0.141. The highest BCUT2D eigenvalue weighted by Gasteiger charge is 2.07. The van der Waals surface area contributed by atoms with Crippen LogP contribution in [0.5, 0.6) is 0 Å². The number of likely N-dealkylation sites (N-methyl/N-ethyl adjacent to an activating group) is 1. The van der Waals surface area contributed by atoms with Gasteiger partial charge in [-0.15, -0.1) is 0 Å². The van der Waals surface area contributed by atoms with Crippen molar-refractivity contribution in [2.75, 3.05) is 20.7 Å². The molecule has 0 aliphatic carbocycles. The molecule has 0 bridgehead atoms. The highest BCUT2D eigenvalue weighted by Crippen LogP contribution is 2.12. The highest BCUT2D eigenvalue weighted by molar-refractivity contribution is 9.10. The van der Waals surface area contributed by atoms with Crippen molar-refractivity contribution in [2.45, 2.75) is 6.42 Å². The van der Waals surface area contributed by atoms with Gasteiger partial charge < -0.3 is 9.64 Å². The zero-order valence-electron chi connectivity index (χ0n) is 10.9. The Morgan fingerprint density at radius 2 is 2.16 bits per heavy atom. The summed E-state index contributed by atoms with van der Waals surface area (Å²) in [4.78, 5) is 24.2. The van der Waals surface area contributed by atoms with Crippen molar-refractivity contribution in [3.05, 3.63) is 40.4 Å². The molecule has 1 aromatic carbocycles. The summed E-state index contributed by atoms with van der Waals surface area (Å²) >= 11 is 3.37. The fourth-order valence-electron chi connectivity index (χ4n) is 1.38. The summed E-state index contributed by atoms with van der Waals surface area (Å²) in [5.74, 6) is -0.473. The summed E-state index contributed by atoms with van der Waals surface area (Å²) in [7, 11) is 2.98. The van der Waals surface area contributed by atoms with Crippen molar-refractivity contribution >= 4 is 33.9 Å². The van der Waals surface area contributed by atoms with Crippen molar-refractivity contribution in [3.63, 3.8) is 0 Å². The second kappa shape index (κ2) is 7.74. The second-order valence-electron chi connectivity index (χ2n) is 3.97. The zero-order valence-corrected chi connectivity index (χ0v) is 12.5. The van der Waals surface area contributed by atoms with Crippen molar-refractivity contribution in [1.29, 1.82) is 0 Å². The summed E-state index contributed by atoms with van der Waals surface area (Å²) < 4.78 is 5.48. The van der Waals surface area contributed by atoms with Gasteiger partial charge in [-0.1, -0.05) is 28.1 Å². The SMILES string of the molecule is COC(=O)CCN(C)C(=O)C=Cc1cccc(Br)c1. The van der Waals surface area contributed by atoms with E-state index in [1.165, 1.54) is 18.1 Å². The monoisotopic (exact) mass is 325 g/mol. The predicted molar refractivity (Wildman–Crippen MR) is 77.4 cm³/mol. The highest BCUT2D eigenvalue weighted by atomic mass is 79.9. The Morgan fingerprint density at radius 3 is 2.79 bits per heavy atom. The van der Waals surface area contributed by atoms with E-state index in [0.29, 0.717) is 6.54 Å². The van der Waals surface area contributed by atoms with Crippen LogP contribution in [0, 0.1) is 0 Å². The van der Waals surface area contributed by atoms with Gasteiger partial charge in [-0.25, -0.2) is 0 Å². The van der Waals surface area contributed by atoms with Gasteiger partial charge in [0.05, 0.1) is 13.5 Å². The van der Waals surface area contributed by atoms with Crippen LogP contribution < -0.4 is 0 Å². The summed E-state index contributed by atoms with van der Waals surface area (Å²) in [6.07, 6.45) is 3.42. The number of carbonyl (C=O) groups excluding carboxylic acids is 2. The first kappa shape index (κ1) is 15.4. The lowest BCUT2D eigenvalue weighted by atomic mass is 10.2. The molecule has 102 valence electrons. The quantitative estimate of drug-likeness (QED) is 0.617. The minimum atomic E-state index is -0.324. The number of halogens is 1. The van der Waals surface area contributed by atoms with Crippen molar-refractivity contribution in [3.8, 4) is 0 Å². The number of nitrogens with zero attached hydrogens (tertiary/aromatic N) is 1. The van der Waals surface area contributed by atoms with Crippen LogP contribution in [0.15, 0.2) is 34.8 Å². The molecule has 0 atom stereocenters. The predicted octanol–water partition coefficient (Wildman–Crippen LogP) is 2.48. The molecule has 0 fully saturated rings. The van der Waals surface area contributed by atoms with E-state index in [4.69, 9.17) is 0 Å². The molecule has 0 radical (unpaired) electrons. The van der Waals surface area contributed by atoms with Crippen molar-refractivity contribution in [2.24, 2.45) is 0 Å². The molecule has 0 aliphatic rings. The Balaban J connectivity index is 2.52. The maximum absolute atomic E-state index is 11.8. The largest absolute Gasteiger partial charge is 0.469 e. The van der Waals surface area contributed by atoms with Crippen molar-refractivity contribution in [1.82, 2.24) is 4.90 Å². The molecule has 0 N–H and O–H groups in total. The van der Waals surface area contributed by atoms with E-state index in [2.05, 4.69) is 20.7 Å². The van der Waals surface area contributed by atoms with Crippen LogP contribution in [0.1, 0.15) is 12.0 Å². The van der Waals surface area contributed by atoms with Crippen molar-refractivity contribution < 1.29 is 14.3 Å². The van der Waals surface area contributed by atoms with E-state index in [1.807, 2.05) is 24.3 Å². The summed E-state index contributed by atoms with van der Waals surface area (Å²) in [6.45, 7) is 0.342. The molecule has 1 rings (SSSR count). The van der Waals surface area contributed by atoms with E-state index < -0.39 is 0 Å². The van der Waals surface area contributed by atoms with Crippen LogP contribution in [0.4, 0.5) is 0 Å². The number of methoxy groups -OCH3 is 1. The van der Waals surface area contributed by atoms with Gasteiger partial charge in [0.25, 0.3) is 0 Å². The van der Waals surface area contributed by atoms with Gasteiger partial charge in [-0.2, -0.15) is 0 Å². The second-order valence-corrected chi connectivity index (χ2v) is 4.89. The number of amides is 1. The molecule has 4 nitrogen and oxygen atoms in total. The fraction of sp³-hybridized carbons (Fsp3) is 0.286. The smallest absolute Gasteiger partial charge is 0.307 e. The first-order valence-electron chi connectivity index (χ1n) is 5.78. The van der Waals surface area contributed by atoms with Gasteiger partial charge in [0.15, 0.2) is 0 Å². The number of esters is 1. The Kier molecular flexibility index (Phi) is 6.29. The maximum atomic E-state index is 11.8. The molecule has 1 amide bonds. The lowest BCUT2D eigenvalue weighted by Gasteiger charge is -2.13. The van der Waals surface area contributed by atoms with Gasteiger partial charge >= 0.3 is 5.97 Å². The molecule has 1 aromatic rings. The van der Waals surface area contributed by atoms with Gasteiger partial charge in [0.1, 0.15) is 0 Å². The van der Waals surface area contributed by atoms with E-state index in [-0.39, 0.29) is 18.3 Å². The average molecular weight is 326 g/mol. The van der Waals surface area contributed by atoms with Gasteiger partial charge in [0.2, 0.25) is 5.91 Å². The molecule has 19 heavy (non-hydrogen) atoms. The Bertz CT molecular complexity index is 485. The third-order valence-corrected chi connectivity index (χ3v) is 3.02. The van der Waals surface area contributed by atoms with E-state index in [9.17, 15) is 9.59 Å². The Morgan fingerprint density at radius 1 is 1.42 bits per heavy atom. The summed E-state index contributed by atoms with van der Waals surface area (Å²) in [5, 5.41) is 0. The van der Waals surface area contributed by atoms with Gasteiger partial charge in [-0.3, -0.25) is 9.59 Å².